The highest BCUT2D eigenvalue weighted by atomic mass is 32.2. The van der Waals surface area contributed by atoms with Crippen LogP contribution < -0.4 is 11.1 Å². The quantitative estimate of drug-likeness (QED) is 0.915. The molecule has 1 aliphatic heterocycles. The first-order valence-corrected chi connectivity index (χ1v) is 8.07. The molecule has 4 heteroatoms. The number of fused-ring (bicyclic) bond motifs is 1. The number of nitrogens with one attached hydrogen (secondary N) is 1. The molecule has 0 fully saturated rings. The van der Waals surface area contributed by atoms with Crippen molar-refractivity contribution in [2.45, 2.75) is 23.4 Å². The molecular weight excluding hydrogens is 280 g/mol. The minimum absolute atomic E-state index is 0.0599. The lowest BCUT2D eigenvalue weighted by atomic mass is 10.0. The van der Waals surface area contributed by atoms with Crippen molar-refractivity contribution in [3.8, 4) is 0 Å². The summed E-state index contributed by atoms with van der Waals surface area (Å²) in [5, 5.41) is 3.10. The predicted octanol–water partition coefficient (Wildman–Crippen LogP) is 3.04. The zero-order valence-corrected chi connectivity index (χ0v) is 12.5. The average molecular weight is 298 g/mol. The standard InChI is InChI=1S/C17H18N2OS/c18-16(12-6-2-1-3-7-12)17(20)19-14-10-11-21-15-9-5-4-8-13(14)15/h1-9,14,16H,10-11,18H2,(H,19,20)/t14?,16-/m1/s1. The van der Waals surface area contributed by atoms with E-state index in [9.17, 15) is 4.79 Å². The van der Waals surface area contributed by atoms with Gasteiger partial charge in [-0.15, -0.1) is 11.8 Å². The smallest absolute Gasteiger partial charge is 0.241 e. The Kier molecular flexibility index (Phi) is 4.27. The van der Waals surface area contributed by atoms with Crippen molar-refractivity contribution in [2.24, 2.45) is 5.73 Å². The Morgan fingerprint density at radius 2 is 1.86 bits per heavy atom. The summed E-state index contributed by atoms with van der Waals surface area (Å²) in [5.74, 6) is 0.899. The first-order chi connectivity index (χ1) is 10.3. The molecule has 0 spiro atoms. The maximum Gasteiger partial charge on any atom is 0.241 e. The number of benzene rings is 2. The first-order valence-electron chi connectivity index (χ1n) is 7.08. The number of carbonyl (C=O) groups is 1. The Morgan fingerprint density at radius 3 is 2.67 bits per heavy atom. The van der Waals surface area contributed by atoms with Crippen LogP contribution in [0.1, 0.15) is 29.6 Å². The van der Waals surface area contributed by atoms with Gasteiger partial charge in [0.25, 0.3) is 0 Å². The van der Waals surface area contributed by atoms with Crippen molar-refractivity contribution in [2.75, 3.05) is 5.75 Å². The largest absolute Gasteiger partial charge is 0.348 e. The second kappa shape index (κ2) is 6.33. The zero-order chi connectivity index (χ0) is 14.7. The lowest BCUT2D eigenvalue weighted by Gasteiger charge is -2.27. The van der Waals surface area contributed by atoms with Crippen molar-refractivity contribution < 1.29 is 4.79 Å². The van der Waals surface area contributed by atoms with Gasteiger partial charge >= 0.3 is 0 Å². The molecule has 1 unspecified atom stereocenters. The SMILES string of the molecule is N[C@@H](C(=O)NC1CCSc2ccccc21)c1ccccc1. The van der Waals surface area contributed by atoms with Gasteiger partial charge in [-0.3, -0.25) is 4.79 Å². The third-order valence-electron chi connectivity index (χ3n) is 3.72. The van der Waals surface area contributed by atoms with E-state index in [4.69, 9.17) is 5.73 Å². The lowest BCUT2D eigenvalue weighted by Crippen LogP contribution is -2.37. The van der Waals surface area contributed by atoms with E-state index in [2.05, 4.69) is 17.4 Å². The van der Waals surface area contributed by atoms with Gasteiger partial charge in [0.15, 0.2) is 0 Å². The van der Waals surface area contributed by atoms with Gasteiger partial charge in [-0.1, -0.05) is 48.5 Å². The third-order valence-corrected chi connectivity index (χ3v) is 4.84. The van der Waals surface area contributed by atoms with Crippen molar-refractivity contribution in [3.63, 3.8) is 0 Å². The highest BCUT2D eigenvalue weighted by Crippen LogP contribution is 2.35. The molecule has 3 nitrogen and oxygen atoms in total. The van der Waals surface area contributed by atoms with Crippen LogP contribution in [0.25, 0.3) is 0 Å². The highest BCUT2D eigenvalue weighted by molar-refractivity contribution is 7.99. The van der Waals surface area contributed by atoms with Crippen LogP contribution in [0, 0.1) is 0 Å². The van der Waals surface area contributed by atoms with Crippen LogP contribution in [0.4, 0.5) is 0 Å². The number of rotatable bonds is 3. The van der Waals surface area contributed by atoms with E-state index in [-0.39, 0.29) is 11.9 Å². The van der Waals surface area contributed by atoms with E-state index < -0.39 is 6.04 Å². The molecule has 0 aliphatic carbocycles. The fourth-order valence-corrected chi connectivity index (χ4v) is 3.69. The Labute approximate surface area is 128 Å². The molecule has 1 aliphatic rings. The van der Waals surface area contributed by atoms with Crippen LogP contribution in [-0.4, -0.2) is 11.7 Å². The molecular formula is C17H18N2OS. The van der Waals surface area contributed by atoms with Gasteiger partial charge in [-0.2, -0.15) is 0 Å². The second-order valence-corrected chi connectivity index (χ2v) is 6.26. The van der Waals surface area contributed by atoms with Gasteiger partial charge in [0, 0.05) is 10.6 Å². The molecule has 2 aromatic carbocycles. The molecule has 108 valence electrons. The van der Waals surface area contributed by atoms with Crippen LogP contribution in [0.2, 0.25) is 0 Å². The number of thioether (sulfide) groups is 1. The summed E-state index contributed by atoms with van der Waals surface area (Å²) >= 11 is 1.84. The predicted molar refractivity (Wildman–Crippen MR) is 86.0 cm³/mol. The molecule has 0 bridgehead atoms. The topological polar surface area (TPSA) is 55.1 Å². The fraction of sp³-hybridized carbons (Fsp3) is 0.235. The van der Waals surface area contributed by atoms with Crippen LogP contribution in [0.5, 0.6) is 0 Å². The molecule has 3 N–H and O–H groups in total. The zero-order valence-electron chi connectivity index (χ0n) is 11.7. The fourth-order valence-electron chi connectivity index (χ4n) is 2.57. The van der Waals surface area contributed by atoms with E-state index in [1.165, 1.54) is 10.5 Å². The number of carbonyl (C=O) groups excluding carboxylic acids is 1. The van der Waals surface area contributed by atoms with Gasteiger partial charge in [0.2, 0.25) is 5.91 Å². The Bertz CT molecular complexity index is 630. The summed E-state index contributed by atoms with van der Waals surface area (Å²) in [7, 11) is 0. The minimum Gasteiger partial charge on any atom is -0.348 e. The van der Waals surface area contributed by atoms with E-state index >= 15 is 0 Å². The van der Waals surface area contributed by atoms with Crippen molar-refractivity contribution >= 4 is 17.7 Å². The first kappa shape index (κ1) is 14.2. The Hall–Kier alpha value is -1.78. The molecule has 2 aromatic rings. The normalized spacial score (nSPS) is 18.6. The third kappa shape index (κ3) is 3.12. The van der Waals surface area contributed by atoms with Crippen LogP contribution in [-0.2, 0) is 4.79 Å². The molecule has 0 aromatic heterocycles. The minimum atomic E-state index is -0.618. The van der Waals surface area contributed by atoms with Crippen LogP contribution >= 0.6 is 11.8 Å². The number of nitrogens with two attached hydrogens (primary N) is 1. The molecule has 3 rings (SSSR count). The molecule has 1 heterocycles. The van der Waals surface area contributed by atoms with Gasteiger partial charge < -0.3 is 11.1 Å². The van der Waals surface area contributed by atoms with Crippen molar-refractivity contribution in [1.82, 2.24) is 5.32 Å². The average Bonchev–Trinajstić information content (AvgIpc) is 2.55. The van der Waals surface area contributed by atoms with Crippen LogP contribution in [0.15, 0.2) is 59.5 Å². The lowest BCUT2D eigenvalue weighted by molar-refractivity contribution is -0.123. The maximum absolute atomic E-state index is 12.4. The number of hydrogen-bond donors (Lipinski definition) is 2. The highest BCUT2D eigenvalue weighted by Gasteiger charge is 2.24. The van der Waals surface area contributed by atoms with E-state index in [1.54, 1.807) is 0 Å². The van der Waals surface area contributed by atoms with Gasteiger partial charge in [0.05, 0.1) is 6.04 Å². The summed E-state index contributed by atoms with van der Waals surface area (Å²) in [6, 6.07) is 17.2. The summed E-state index contributed by atoms with van der Waals surface area (Å²) in [6.07, 6.45) is 0.939. The summed E-state index contributed by atoms with van der Waals surface area (Å²) in [6.45, 7) is 0. The van der Waals surface area contributed by atoms with Gasteiger partial charge in [-0.05, 0) is 23.6 Å². The molecule has 0 saturated carbocycles. The summed E-state index contributed by atoms with van der Waals surface area (Å²) in [4.78, 5) is 13.6. The van der Waals surface area contributed by atoms with Crippen molar-refractivity contribution in [1.29, 1.82) is 0 Å². The second-order valence-electron chi connectivity index (χ2n) is 5.12. The van der Waals surface area contributed by atoms with E-state index in [0.29, 0.717) is 0 Å². The monoisotopic (exact) mass is 298 g/mol. The molecule has 21 heavy (non-hydrogen) atoms. The Morgan fingerprint density at radius 1 is 1.14 bits per heavy atom. The Balaban J connectivity index is 1.74. The van der Waals surface area contributed by atoms with Gasteiger partial charge in [-0.25, -0.2) is 0 Å². The van der Waals surface area contributed by atoms with Crippen molar-refractivity contribution in [3.05, 3.63) is 65.7 Å². The number of hydrogen-bond acceptors (Lipinski definition) is 3. The molecule has 0 radical (unpaired) electrons. The molecule has 1 amide bonds. The summed E-state index contributed by atoms with van der Waals surface area (Å²) < 4.78 is 0. The summed E-state index contributed by atoms with van der Waals surface area (Å²) in [5.41, 5.74) is 8.10. The molecule has 0 saturated heterocycles. The molecule has 2 atom stereocenters. The number of amides is 1. The van der Waals surface area contributed by atoms with E-state index in [0.717, 1.165) is 17.7 Å². The van der Waals surface area contributed by atoms with E-state index in [1.807, 2.05) is 54.2 Å². The van der Waals surface area contributed by atoms with Crippen LogP contribution in [0.3, 0.4) is 0 Å². The van der Waals surface area contributed by atoms with Gasteiger partial charge in [0.1, 0.15) is 6.04 Å². The maximum atomic E-state index is 12.4.